The summed E-state index contributed by atoms with van der Waals surface area (Å²) in [5.74, 6) is 0.429. The summed E-state index contributed by atoms with van der Waals surface area (Å²) in [6.45, 7) is 0.585. The van der Waals surface area contributed by atoms with Crippen molar-refractivity contribution in [1.29, 1.82) is 5.26 Å². The first kappa shape index (κ1) is 19.3. The maximum atomic E-state index is 13.0. The summed E-state index contributed by atoms with van der Waals surface area (Å²) in [7, 11) is 0. The van der Waals surface area contributed by atoms with Crippen LogP contribution in [0.25, 0.3) is 0 Å². The van der Waals surface area contributed by atoms with E-state index in [9.17, 15) is 9.59 Å². The number of fused-ring (bicyclic) bond motifs is 1. The quantitative estimate of drug-likeness (QED) is 0.756. The van der Waals surface area contributed by atoms with Gasteiger partial charge in [-0.3, -0.25) is 9.59 Å². The highest BCUT2D eigenvalue weighted by molar-refractivity contribution is 7.14. The molecule has 0 radical (unpaired) electrons. The number of carbonyl (C=O) groups is 2. The Bertz CT molecular complexity index is 972. The van der Waals surface area contributed by atoms with Crippen molar-refractivity contribution in [1.82, 2.24) is 0 Å². The van der Waals surface area contributed by atoms with Crippen molar-refractivity contribution in [2.24, 2.45) is 0 Å². The smallest absolute Gasteiger partial charge is 0.317 e. The van der Waals surface area contributed by atoms with Gasteiger partial charge in [-0.2, -0.15) is 5.26 Å². The number of thiophene rings is 1. The summed E-state index contributed by atoms with van der Waals surface area (Å²) in [4.78, 5) is 25.2. The van der Waals surface area contributed by atoms with Crippen molar-refractivity contribution in [2.45, 2.75) is 31.1 Å². The van der Waals surface area contributed by atoms with Gasteiger partial charge in [-0.15, -0.1) is 11.3 Å². The Morgan fingerprint density at radius 1 is 1.17 bits per heavy atom. The van der Waals surface area contributed by atoms with Crippen molar-refractivity contribution < 1.29 is 23.8 Å². The molecule has 1 saturated carbocycles. The monoisotopic (exact) mass is 412 g/mol. The van der Waals surface area contributed by atoms with Gasteiger partial charge in [0.25, 0.3) is 5.91 Å². The van der Waals surface area contributed by atoms with Crippen molar-refractivity contribution in [3.8, 4) is 17.6 Å². The zero-order valence-electron chi connectivity index (χ0n) is 15.7. The second-order valence-corrected chi connectivity index (χ2v) is 7.96. The van der Waals surface area contributed by atoms with Gasteiger partial charge in [0.2, 0.25) is 0 Å². The lowest BCUT2D eigenvalue weighted by molar-refractivity contribution is -0.153. The number of anilines is 1. The average Bonchev–Trinajstić information content (AvgIpc) is 3.42. The van der Waals surface area contributed by atoms with Crippen molar-refractivity contribution >= 4 is 28.2 Å². The number of nitrogens with zero attached hydrogens (tertiary/aromatic N) is 1. The number of amides is 1. The third kappa shape index (κ3) is 3.78. The molecule has 1 aromatic heterocycles. The molecule has 0 atom stereocenters. The molecule has 1 aromatic carbocycles. The number of ether oxygens (including phenoxy) is 3. The minimum Gasteiger partial charge on any atom is -0.486 e. The maximum absolute atomic E-state index is 13.0. The van der Waals surface area contributed by atoms with E-state index >= 15 is 0 Å². The van der Waals surface area contributed by atoms with E-state index in [-0.39, 0.29) is 0 Å². The lowest BCUT2D eigenvalue weighted by Gasteiger charge is -2.28. The number of nitrogens with one attached hydrogen (secondary N) is 1. The van der Waals surface area contributed by atoms with E-state index in [1.54, 1.807) is 11.4 Å². The molecular formula is C21H20N2O5S. The topological polar surface area (TPSA) is 97.7 Å². The van der Waals surface area contributed by atoms with Gasteiger partial charge in [0.1, 0.15) is 24.3 Å². The number of hydrogen-bond acceptors (Lipinski definition) is 7. The average molecular weight is 412 g/mol. The normalized spacial score (nSPS) is 16.7. The van der Waals surface area contributed by atoms with E-state index in [1.165, 1.54) is 11.3 Å². The predicted octanol–water partition coefficient (Wildman–Crippen LogP) is 3.38. The molecule has 1 N–H and O–H groups in total. The standard InChI is InChI=1S/C21H20N2O5S/c22-12-14-5-10-29-19(14)23-18(24)13-28-20(25)21(6-1-2-7-21)15-3-4-16-17(11-15)27-9-8-26-16/h3-5,10-11H,1-2,6-9,13H2,(H,23,24). The number of esters is 1. The van der Waals surface area contributed by atoms with Gasteiger partial charge in [-0.1, -0.05) is 18.9 Å². The van der Waals surface area contributed by atoms with Crippen LogP contribution in [0.4, 0.5) is 5.00 Å². The number of hydrogen-bond donors (Lipinski definition) is 1. The molecule has 4 rings (SSSR count). The van der Waals surface area contributed by atoms with Crippen LogP contribution in [0, 0.1) is 11.3 Å². The number of nitriles is 1. The van der Waals surface area contributed by atoms with Crippen LogP contribution in [0.15, 0.2) is 29.6 Å². The fourth-order valence-corrected chi connectivity index (χ4v) is 4.61. The third-order valence-corrected chi connectivity index (χ3v) is 6.15. The molecule has 1 aliphatic carbocycles. The molecule has 1 fully saturated rings. The summed E-state index contributed by atoms with van der Waals surface area (Å²) in [5.41, 5.74) is 0.435. The molecule has 0 spiro atoms. The Morgan fingerprint density at radius 3 is 2.69 bits per heavy atom. The van der Waals surface area contributed by atoms with Gasteiger partial charge < -0.3 is 19.5 Å². The number of carbonyl (C=O) groups excluding carboxylic acids is 2. The first-order valence-electron chi connectivity index (χ1n) is 9.47. The lowest BCUT2D eigenvalue weighted by Crippen LogP contribution is -2.36. The summed E-state index contributed by atoms with van der Waals surface area (Å²) >= 11 is 1.25. The SMILES string of the molecule is N#Cc1ccsc1NC(=O)COC(=O)C1(c2ccc3c(c2)OCCO3)CCCC1. The molecule has 2 aromatic rings. The zero-order chi connectivity index (χ0) is 20.3. The van der Waals surface area contributed by atoms with Crippen LogP contribution >= 0.6 is 11.3 Å². The Kier molecular flexibility index (Phi) is 5.41. The molecule has 2 aliphatic rings. The lowest BCUT2D eigenvalue weighted by atomic mass is 9.78. The van der Waals surface area contributed by atoms with Crippen LogP contribution in [-0.4, -0.2) is 31.7 Å². The van der Waals surface area contributed by atoms with E-state index in [0.717, 1.165) is 18.4 Å². The molecule has 150 valence electrons. The Balaban J connectivity index is 1.46. The van der Waals surface area contributed by atoms with Gasteiger partial charge in [-0.05, 0) is 42.0 Å². The maximum Gasteiger partial charge on any atom is 0.317 e. The van der Waals surface area contributed by atoms with Gasteiger partial charge in [-0.25, -0.2) is 0 Å². The van der Waals surface area contributed by atoms with Crippen molar-refractivity contribution in [2.75, 3.05) is 25.1 Å². The minimum absolute atomic E-state index is 0.387. The Hall–Kier alpha value is -3.05. The van der Waals surface area contributed by atoms with Crippen LogP contribution in [0.1, 0.15) is 36.8 Å². The van der Waals surface area contributed by atoms with Gasteiger partial charge >= 0.3 is 5.97 Å². The molecule has 1 amide bonds. The third-order valence-electron chi connectivity index (χ3n) is 5.32. The van der Waals surface area contributed by atoms with E-state index in [4.69, 9.17) is 19.5 Å². The zero-order valence-corrected chi connectivity index (χ0v) is 16.5. The van der Waals surface area contributed by atoms with Crippen molar-refractivity contribution in [3.05, 3.63) is 40.8 Å². The molecule has 8 heteroatoms. The fraction of sp³-hybridized carbons (Fsp3) is 0.381. The van der Waals surface area contributed by atoms with E-state index in [0.29, 0.717) is 48.1 Å². The highest BCUT2D eigenvalue weighted by Gasteiger charge is 2.45. The molecule has 2 heterocycles. The summed E-state index contributed by atoms with van der Waals surface area (Å²) in [6, 6.07) is 9.19. The fourth-order valence-electron chi connectivity index (χ4n) is 3.86. The number of rotatable bonds is 5. The summed E-state index contributed by atoms with van der Waals surface area (Å²) in [5, 5.41) is 13.8. The van der Waals surface area contributed by atoms with E-state index < -0.39 is 23.9 Å². The Morgan fingerprint density at radius 2 is 1.93 bits per heavy atom. The second kappa shape index (κ2) is 8.13. The molecule has 29 heavy (non-hydrogen) atoms. The van der Waals surface area contributed by atoms with Gasteiger partial charge in [0.05, 0.1) is 11.0 Å². The minimum atomic E-state index is -0.781. The molecule has 0 saturated heterocycles. The van der Waals surface area contributed by atoms with Crippen LogP contribution in [0.5, 0.6) is 11.5 Å². The van der Waals surface area contributed by atoms with Crippen LogP contribution in [0.2, 0.25) is 0 Å². The Labute approximate surface area is 172 Å². The summed E-state index contributed by atoms with van der Waals surface area (Å²) in [6.07, 6.45) is 3.15. The predicted molar refractivity (Wildman–Crippen MR) is 106 cm³/mol. The molecule has 0 unspecified atom stereocenters. The van der Waals surface area contributed by atoms with E-state index in [1.807, 2.05) is 24.3 Å². The summed E-state index contributed by atoms with van der Waals surface area (Å²) < 4.78 is 16.6. The number of benzene rings is 1. The first-order valence-corrected chi connectivity index (χ1v) is 10.4. The second-order valence-electron chi connectivity index (χ2n) is 7.05. The molecule has 1 aliphatic heterocycles. The molecular weight excluding hydrogens is 392 g/mol. The van der Waals surface area contributed by atoms with Gasteiger partial charge in [0, 0.05) is 0 Å². The van der Waals surface area contributed by atoms with E-state index in [2.05, 4.69) is 5.32 Å². The molecule has 7 nitrogen and oxygen atoms in total. The van der Waals surface area contributed by atoms with Crippen molar-refractivity contribution in [3.63, 3.8) is 0 Å². The highest BCUT2D eigenvalue weighted by atomic mass is 32.1. The molecule has 0 bridgehead atoms. The first-order chi connectivity index (χ1) is 14.1. The highest BCUT2D eigenvalue weighted by Crippen LogP contribution is 2.45. The van der Waals surface area contributed by atoms with Crippen LogP contribution in [0.3, 0.4) is 0 Å². The van der Waals surface area contributed by atoms with Crippen LogP contribution in [-0.2, 0) is 19.7 Å². The largest absolute Gasteiger partial charge is 0.486 e. The van der Waals surface area contributed by atoms with Crippen LogP contribution < -0.4 is 14.8 Å². The van der Waals surface area contributed by atoms with Gasteiger partial charge in [0.15, 0.2) is 18.1 Å².